The zero-order chi connectivity index (χ0) is 19.4. The average molecular weight is 381 g/mol. The van der Waals surface area contributed by atoms with E-state index in [1.165, 1.54) is 31.3 Å². The lowest BCUT2D eigenvalue weighted by Gasteiger charge is -2.22. The Kier molecular flexibility index (Phi) is 6.52. The van der Waals surface area contributed by atoms with Crippen LogP contribution < -0.4 is 4.31 Å². The minimum atomic E-state index is -2.34. The molecule has 0 bridgehead atoms. The molecule has 26 heavy (non-hydrogen) atoms. The van der Waals surface area contributed by atoms with E-state index in [-0.39, 0.29) is 24.0 Å². The van der Waals surface area contributed by atoms with Gasteiger partial charge in [0.15, 0.2) is 0 Å². The summed E-state index contributed by atoms with van der Waals surface area (Å²) in [5, 5.41) is 10.5. The van der Waals surface area contributed by atoms with E-state index in [1.807, 2.05) is 13.8 Å². The lowest BCUT2D eigenvalue weighted by Crippen LogP contribution is -2.24. The first-order valence-corrected chi connectivity index (χ1v) is 8.96. The maximum atomic E-state index is 13.3. The molecule has 1 heterocycles. The first-order chi connectivity index (χ1) is 12.3. The van der Waals surface area contributed by atoms with Crippen LogP contribution in [-0.2, 0) is 16.1 Å². The number of hydrogen-bond donors (Lipinski definition) is 2. The molecule has 0 fully saturated rings. The van der Waals surface area contributed by atoms with Crippen LogP contribution in [0.1, 0.15) is 43.5 Å². The standard InChI is InChI=1S/C17H20FN3O4S/c1-10(2)15-14(13(23)8-9-22)16(11-4-6-12(18)7-5-11)20-17(19-15)21(3)26(24)25/h4-7,9-10,13,23H,8H2,1-3H3,(H,24,25). The maximum Gasteiger partial charge on any atom is 0.264 e. The summed E-state index contributed by atoms with van der Waals surface area (Å²) in [4.78, 5) is 19.5. The summed E-state index contributed by atoms with van der Waals surface area (Å²) in [5.74, 6) is -0.612. The lowest BCUT2D eigenvalue weighted by atomic mass is 9.93. The molecule has 9 heteroatoms. The molecule has 2 rings (SSSR count). The maximum absolute atomic E-state index is 13.3. The highest BCUT2D eigenvalue weighted by atomic mass is 32.2. The molecule has 0 saturated heterocycles. The number of nitrogens with zero attached hydrogens (tertiary/aromatic N) is 3. The van der Waals surface area contributed by atoms with Gasteiger partial charge >= 0.3 is 0 Å². The molecule has 2 atom stereocenters. The molecule has 2 unspecified atom stereocenters. The Morgan fingerprint density at radius 2 is 1.88 bits per heavy atom. The third-order valence-corrected chi connectivity index (χ3v) is 4.43. The fraction of sp³-hybridized carbons (Fsp3) is 0.353. The average Bonchev–Trinajstić information content (AvgIpc) is 2.60. The largest absolute Gasteiger partial charge is 0.388 e. The van der Waals surface area contributed by atoms with Crippen LogP contribution in [0, 0.1) is 5.82 Å². The molecule has 2 aromatic rings. The molecule has 0 aliphatic rings. The number of aldehydes is 1. The number of benzene rings is 1. The highest BCUT2D eigenvalue weighted by molar-refractivity contribution is 7.80. The van der Waals surface area contributed by atoms with Gasteiger partial charge in [-0.25, -0.2) is 22.9 Å². The van der Waals surface area contributed by atoms with Crippen molar-refractivity contribution in [1.29, 1.82) is 0 Å². The lowest BCUT2D eigenvalue weighted by molar-refractivity contribution is -0.109. The summed E-state index contributed by atoms with van der Waals surface area (Å²) in [5.41, 5.74) is 1.57. The minimum absolute atomic E-state index is 0.0177. The predicted molar refractivity (Wildman–Crippen MR) is 96.3 cm³/mol. The summed E-state index contributed by atoms with van der Waals surface area (Å²) in [6, 6.07) is 5.46. The van der Waals surface area contributed by atoms with Crippen LogP contribution >= 0.6 is 0 Å². The fourth-order valence-corrected chi connectivity index (χ4v) is 2.71. The van der Waals surface area contributed by atoms with Gasteiger partial charge in [0.1, 0.15) is 12.1 Å². The summed E-state index contributed by atoms with van der Waals surface area (Å²) < 4.78 is 35.0. The Bertz CT molecular complexity index is 814. The van der Waals surface area contributed by atoms with Gasteiger partial charge < -0.3 is 9.90 Å². The molecular formula is C17H20FN3O4S. The van der Waals surface area contributed by atoms with Crippen LogP contribution in [0.4, 0.5) is 10.3 Å². The first-order valence-electron chi connectivity index (χ1n) is 7.90. The molecule has 0 radical (unpaired) electrons. The SMILES string of the molecule is CC(C)c1nc(N(C)S(=O)O)nc(-c2ccc(F)cc2)c1C(O)CC=O. The number of halogens is 1. The normalized spacial score (nSPS) is 13.5. The van der Waals surface area contributed by atoms with Crippen LogP contribution in [0.3, 0.4) is 0 Å². The highest BCUT2D eigenvalue weighted by Gasteiger charge is 2.25. The second-order valence-electron chi connectivity index (χ2n) is 5.98. The van der Waals surface area contributed by atoms with Crippen molar-refractivity contribution < 1.29 is 23.1 Å². The molecule has 0 aliphatic carbocycles. The Balaban J connectivity index is 2.79. The number of aromatic nitrogens is 2. The summed E-state index contributed by atoms with van der Waals surface area (Å²) in [6.45, 7) is 3.68. The van der Waals surface area contributed by atoms with Crippen molar-refractivity contribution in [3.05, 3.63) is 41.3 Å². The van der Waals surface area contributed by atoms with E-state index in [2.05, 4.69) is 9.97 Å². The van der Waals surface area contributed by atoms with Gasteiger partial charge in [-0.15, -0.1) is 0 Å². The van der Waals surface area contributed by atoms with E-state index in [0.29, 0.717) is 23.1 Å². The van der Waals surface area contributed by atoms with E-state index < -0.39 is 23.2 Å². The summed E-state index contributed by atoms with van der Waals surface area (Å²) in [7, 11) is 1.35. The van der Waals surface area contributed by atoms with Crippen LogP contribution in [-0.4, -0.2) is 37.2 Å². The monoisotopic (exact) mass is 381 g/mol. The topological polar surface area (TPSA) is 104 Å². The molecule has 0 spiro atoms. The molecule has 2 N–H and O–H groups in total. The van der Waals surface area contributed by atoms with E-state index in [4.69, 9.17) is 0 Å². The first kappa shape index (κ1) is 20.1. The van der Waals surface area contributed by atoms with Crippen LogP contribution in [0.25, 0.3) is 11.3 Å². The van der Waals surface area contributed by atoms with Gasteiger partial charge in [0.2, 0.25) is 5.95 Å². The number of aliphatic hydroxyl groups is 1. The number of aliphatic hydroxyl groups excluding tert-OH is 1. The molecule has 0 amide bonds. The number of carbonyl (C=O) groups is 1. The van der Waals surface area contributed by atoms with E-state index in [0.717, 1.165) is 4.31 Å². The zero-order valence-corrected chi connectivity index (χ0v) is 15.4. The molecule has 1 aromatic heterocycles. The van der Waals surface area contributed by atoms with Gasteiger partial charge in [0.25, 0.3) is 11.3 Å². The summed E-state index contributed by atoms with van der Waals surface area (Å²) in [6.07, 6.45) is -0.714. The number of rotatable bonds is 7. The predicted octanol–water partition coefficient (Wildman–Crippen LogP) is 2.60. The number of anilines is 1. The van der Waals surface area contributed by atoms with Crippen molar-refractivity contribution in [1.82, 2.24) is 9.97 Å². The van der Waals surface area contributed by atoms with E-state index in [1.54, 1.807) is 0 Å². The molecule has 0 aliphatic heterocycles. The minimum Gasteiger partial charge on any atom is -0.388 e. The third kappa shape index (κ3) is 4.29. The van der Waals surface area contributed by atoms with E-state index >= 15 is 0 Å². The van der Waals surface area contributed by atoms with Gasteiger partial charge in [-0.05, 0) is 30.2 Å². The second kappa shape index (κ2) is 8.43. The Labute approximate surface area is 153 Å². The van der Waals surface area contributed by atoms with Crippen molar-refractivity contribution in [2.24, 2.45) is 0 Å². The third-order valence-electron chi connectivity index (χ3n) is 3.80. The van der Waals surface area contributed by atoms with Crippen molar-refractivity contribution in [3.8, 4) is 11.3 Å². The second-order valence-corrected chi connectivity index (χ2v) is 6.99. The van der Waals surface area contributed by atoms with Crippen molar-refractivity contribution in [2.75, 3.05) is 11.4 Å². The molecule has 0 saturated carbocycles. The Morgan fingerprint density at radius 1 is 1.27 bits per heavy atom. The van der Waals surface area contributed by atoms with Gasteiger partial charge in [0, 0.05) is 24.6 Å². The van der Waals surface area contributed by atoms with Gasteiger partial charge in [-0.3, -0.25) is 4.55 Å². The smallest absolute Gasteiger partial charge is 0.264 e. The number of carbonyl (C=O) groups excluding carboxylic acids is 1. The van der Waals surface area contributed by atoms with Crippen LogP contribution in [0.2, 0.25) is 0 Å². The van der Waals surface area contributed by atoms with Gasteiger partial charge in [-0.2, -0.15) is 0 Å². The van der Waals surface area contributed by atoms with Gasteiger partial charge in [0.05, 0.1) is 17.5 Å². The summed E-state index contributed by atoms with van der Waals surface area (Å²) >= 11 is -2.34. The zero-order valence-electron chi connectivity index (χ0n) is 14.6. The Hall–Kier alpha value is -2.23. The Morgan fingerprint density at radius 3 is 2.38 bits per heavy atom. The number of hydrogen-bond acceptors (Lipinski definition) is 5. The van der Waals surface area contributed by atoms with E-state index in [9.17, 15) is 23.1 Å². The van der Waals surface area contributed by atoms with Crippen molar-refractivity contribution >= 4 is 23.5 Å². The molecule has 1 aromatic carbocycles. The fourth-order valence-electron chi connectivity index (χ4n) is 2.49. The van der Waals surface area contributed by atoms with Crippen LogP contribution in [0.5, 0.6) is 0 Å². The molecular weight excluding hydrogens is 361 g/mol. The van der Waals surface area contributed by atoms with Crippen molar-refractivity contribution in [3.63, 3.8) is 0 Å². The van der Waals surface area contributed by atoms with Gasteiger partial charge in [-0.1, -0.05) is 13.8 Å². The molecule has 7 nitrogen and oxygen atoms in total. The van der Waals surface area contributed by atoms with Crippen molar-refractivity contribution in [2.45, 2.75) is 32.3 Å². The molecule has 140 valence electrons. The van der Waals surface area contributed by atoms with Crippen LogP contribution in [0.15, 0.2) is 24.3 Å². The quantitative estimate of drug-likeness (QED) is 0.564. The highest BCUT2D eigenvalue weighted by Crippen LogP contribution is 2.35.